The average molecular weight is 589 g/mol. The monoisotopic (exact) mass is 588 g/mol. The standard InChI is InChI=1S/C46H36/c1-29-16-5-8-20-34(29)42-28-43(35-21-9-6-17-30(35)2)32(4)44(31(42)3)46-40-25-13-11-23-38(40)45(39-24-12-14-26-41(39)46)37-27-15-19-33-18-7-10-22-36(33)37/h5-28H,1-4H3. The third-order valence-electron chi connectivity index (χ3n) is 9.96. The zero-order valence-electron chi connectivity index (χ0n) is 26.9. The minimum Gasteiger partial charge on any atom is -0.0620 e. The van der Waals surface area contributed by atoms with E-state index in [-0.39, 0.29) is 0 Å². The summed E-state index contributed by atoms with van der Waals surface area (Å²) in [4.78, 5) is 0. The molecule has 0 aliphatic rings. The summed E-state index contributed by atoms with van der Waals surface area (Å²) in [6.07, 6.45) is 0. The van der Waals surface area contributed by atoms with Crippen LogP contribution in [0.15, 0.2) is 146 Å². The van der Waals surface area contributed by atoms with E-state index in [9.17, 15) is 0 Å². The number of rotatable bonds is 4. The molecule has 0 nitrogen and oxygen atoms in total. The van der Waals surface area contributed by atoms with E-state index >= 15 is 0 Å². The molecular weight excluding hydrogens is 553 g/mol. The quantitative estimate of drug-likeness (QED) is 0.179. The van der Waals surface area contributed by atoms with E-state index in [1.165, 1.54) is 99.1 Å². The number of aryl methyl sites for hydroxylation is 2. The van der Waals surface area contributed by atoms with E-state index in [0.29, 0.717) is 0 Å². The SMILES string of the molecule is Cc1ccccc1-c1cc(-c2ccccc2C)c(C)c(-c2c3ccccc3c(-c3cccc4ccccc34)c3ccccc23)c1C. The maximum atomic E-state index is 2.44. The van der Waals surface area contributed by atoms with Crippen LogP contribution < -0.4 is 0 Å². The molecule has 8 aromatic rings. The molecular formula is C46H36. The number of benzene rings is 8. The van der Waals surface area contributed by atoms with Gasteiger partial charge in [-0.15, -0.1) is 0 Å². The van der Waals surface area contributed by atoms with Gasteiger partial charge in [0.1, 0.15) is 0 Å². The summed E-state index contributed by atoms with van der Waals surface area (Å²) in [5.41, 5.74) is 15.6. The second-order valence-electron chi connectivity index (χ2n) is 12.6. The van der Waals surface area contributed by atoms with Crippen LogP contribution in [0.25, 0.3) is 76.8 Å². The van der Waals surface area contributed by atoms with Crippen LogP contribution in [0.1, 0.15) is 22.3 Å². The molecule has 0 heterocycles. The van der Waals surface area contributed by atoms with Gasteiger partial charge < -0.3 is 0 Å². The lowest BCUT2D eigenvalue weighted by atomic mass is 9.79. The molecule has 0 bridgehead atoms. The number of fused-ring (bicyclic) bond motifs is 3. The minimum atomic E-state index is 1.26. The molecule has 46 heavy (non-hydrogen) atoms. The molecule has 0 heteroatoms. The van der Waals surface area contributed by atoms with Crippen molar-refractivity contribution in [3.05, 3.63) is 168 Å². The van der Waals surface area contributed by atoms with Gasteiger partial charge >= 0.3 is 0 Å². The molecule has 0 unspecified atom stereocenters. The Balaban J connectivity index is 1.56. The molecule has 0 saturated carbocycles. The lowest BCUT2D eigenvalue weighted by Crippen LogP contribution is -2.00. The Bertz CT molecular complexity index is 2330. The fraction of sp³-hybridized carbons (Fsp3) is 0.0870. The normalized spacial score (nSPS) is 11.5. The molecule has 0 atom stereocenters. The highest BCUT2D eigenvalue weighted by Crippen LogP contribution is 2.49. The van der Waals surface area contributed by atoms with E-state index in [0.717, 1.165) is 0 Å². The zero-order chi connectivity index (χ0) is 31.4. The maximum Gasteiger partial charge on any atom is -0.00201 e. The average Bonchev–Trinajstić information content (AvgIpc) is 3.09. The first-order valence-corrected chi connectivity index (χ1v) is 16.2. The molecule has 0 radical (unpaired) electrons. The van der Waals surface area contributed by atoms with E-state index in [1.807, 2.05) is 0 Å². The van der Waals surface area contributed by atoms with Gasteiger partial charge in [-0.2, -0.15) is 0 Å². The molecule has 0 aliphatic carbocycles. The van der Waals surface area contributed by atoms with Crippen LogP contribution in [-0.2, 0) is 0 Å². The second kappa shape index (κ2) is 11.2. The Labute approximate surface area is 271 Å². The summed E-state index contributed by atoms with van der Waals surface area (Å²) in [7, 11) is 0. The van der Waals surface area contributed by atoms with Gasteiger partial charge in [-0.05, 0) is 133 Å². The highest BCUT2D eigenvalue weighted by atomic mass is 14.3. The summed E-state index contributed by atoms with van der Waals surface area (Å²) in [5.74, 6) is 0. The molecule has 8 aromatic carbocycles. The topological polar surface area (TPSA) is 0 Å². The number of hydrogen-bond donors (Lipinski definition) is 0. The molecule has 8 rings (SSSR count). The van der Waals surface area contributed by atoms with E-state index in [4.69, 9.17) is 0 Å². The molecule has 0 N–H and O–H groups in total. The van der Waals surface area contributed by atoms with Crippen LogP contribution in [0.3, 0.4) is 0 Å². The Morgan fingerprint density at radius 2 is 0.674 bits per heavy atom. The lowest BCUT2D eigenvalue weighted by Gasteiger charge is -2.25. The van der Waals surface area contributed by atoms with Crippen molar-refractivity contribution in [2.45, 2.75) is 27.7 Å². The van der Waals surface area contributed by atoms with E-state index in [1.54, 1.807) is 0 Å². The van der Waals surface area contributed by atoms with Gasteiger partial charge in [-0.3, -0.25) is 0 Å². The van der Waals surface area contributed by atoms with Crippen molar-refractivity contribution in [1.29, 1.82) is 0 Å². The van der Waals surface area contributed by atoms with Crippen molar-refractivity contribution >= 4 is 32.3 Å². The highest BCUT2D eigenvalue weighted by molar-refractivity contribution is 6.24. The van der Waals surface area contributed by atoms with Gasteiger partial charge in [0, 0.05) is 0 Å². The van der Waals surface area contributed by atoms with Crippen LogP contribution in [0.5, 0.6) is 0 Å². The third-order valence-corrected chi connectivity index (χ3v) is 9.96. The molecule has 0 aliphatic heterocycles. The van der Waals surface area contributed by atoms with E-state index in [2.05, 4.69) is 173 Å². The van der Waals surface area contributed by atoms with Crippen molar-refractivity contribution in [3.63, 3.8) is 0 Å². The van der Waals surface area contributed by atoms with Crippen molar-refractivity contribution in [2.24, 2.45) is 0 Å². The Hall–Kier alpha value is -5.46. The Kier molecular flexibility index (Phi) is 6.80. The summed E-state index contributed by atoms with van der Waals surface area (Å²) in [6, 6.07) is 53.6. The van der Waals surface area contributed by atoms with E-state index < -0.39 is 0 Å². The van der Waals surface area contributed by atoms with Gasteiger partial charge in [0.25, 0.3) is 0 Å². The van der Waals surface area contributed by atoms with Gasteiger partial charge in [0.2, 0.25) is 0 Å². The molecule has 220 valence electrons. The first kappa shape index (κ1) is 28.0. The summed E-state index contributed by atoms with van der Waals surface area (Å²) >= 11 is 0. The van der Waals surface area contributed by atoms with Crippen molar-refractivity contribution in [1.82, 2.24) is 0 Å². The molecule has 0 fully saturated rings. The van der Waals surface area contributed by atoms with Crippen LogP contribution in [0.2, 0.25) is 0 Å². The third kappa shape index (κ3) is 4.37. The summed E-state index contributed by atoms with van der Waals surface area (Å²) in [5, 5.41) is 7.68. The smallest absolute Gasteiger partial charge is 0.00201 e. The molecule has 0 saturated heterocycles. The van der Waals surface area contributed by atoms with Crippen LogP contribution in [0, 0.1) is 27.7 Å². The number of hydrogen-bond acceptors (Lipinski definition) is 0. The first-order valence-electron chi connectivity index (χ1n) is 16.2. The molecule has 0 amide bonds. The Morgan fingerprint density at radius 1 is 0.283 bits per heavy atom. The highest BCUT2D eigenvalue weighted by Gasteiger charge is 2.23. The van der Waals surface area contributed by atoms with Crippen LogP contribution >= 0.6 is 0 Å². The van der Waals surface area contributed by atoms with Crippen molar-refractivity contribution in [3.8, 4) is 44.5 Å². The first-order chi connectivity index (χ1) is 22.5. The molecule has 0 aromatic heterocycles. The Morgan fingerprint density at radius 3 is 1.20 bits per heavy atom. The van der Waals surface area contributed by atoms with Gasteiger partial charge in [-0.1, -0.05) is 140 Å². The van der Waals surface area contributed by atoms with Crippen LogP contribution in [-0.4, -0.2) is 0 Å². The predicted molar refractivity (Wildman–Crippen MR) is 200 cm³/mol. The van der Waals surface area contributed by atoms with Crippen molar-refractivity contribution < 1.29 is 0 Å². The van der Waals surface area contributed by atoms with Gasteiger partial charge in [-0.25, -0.2) is 0 Å². The summed E-state index contributed by atoms with van der Waals surface area (Å²) in [6.45, 7) is 9.11. The van der Waals surface area contributed by atoms with Gasteiger partial charge in [0.15, 0.2) is 0 Å². The largest absolute Gasteiger partial charge is 0.0620 e. The predicted octanol–water partition coefficient (Wildman–Crippen LogP) is 13.0. The second-order valence-corrected chi connectivity index (χ2v) is 12.6. The van der Waals surface area contributed by atoms with Gasteiger partial charge in [0.05, 0.1) is 0 Å². The summed E-state index contributed by atoms with van der Waals surface area (Å²) < 4.78 is 0. The fourth-order valence-electron chi connectivity index (χ4n) is 7.73. The molecule has 0 spiro atoms. The lowest BCUT2D eigenvalue weighted by molar-refractivity contribution is 1.35. The minimum absolute atomic E-state index is 1.26. The zero-order valence-corrected chi connectivity index (χ0v) is 26.9. The van der Waals surface area contributed by atoms with Crippen LogP contribution in [0.4, 0.5) is 0 Å². The maximum absolute atomic E-state index is 2.44. The fourth-order valence-corrected chi connectivity index (χ4v) is 7.73. The van der Waals surface area contributed by atoms with Crippen molar-refractivity contribution in [2.75, 3.05) is 0 Å².